The highest BCUT2D eigenvalue weighted by Crippen LogP contribution is 2.18. The highest BCUT2D eigenvalue weighted by molar-refractivity contribution is 6.00. The van der Waals surface area contributed by atoms with Gasteiger partial charge in [-0.3, -0.25) is 0 Å². The zero-order valence-electron chi connectivity index (χ0n) is 10.6. The molecule has 0 fully saturated rings. The van der Waals surface area contributed by atoms with Gasteiger partial charge in [0.2, 0.25) is 0 Å². The van der Waals surface area contributed by atoms with Crippen molar-refractivity contribution in [1.82, 2.24) is 5.32 Å². The van der Waals surface area contributed by atoms with E-state index < -0.39 is 23.4 Å². The molecule has 1 aromatic rings. The number of benzene rings is 1. The van der Waals surface area contributed by atoms with Gasteiger partial charge in [-0.1, -0.05) is 6.07 Å². The number of carbonyl (C=O) groups is 2. The van der Waals surface area contributed by atoms with Gasteiger partial charge in [-0.15, -0.1) is 0 Å². The molecule has 0 spiro atoms. The Morgan fingerprint density at radius 3 is 2.74 bits per heavy atom. The quantitative estimate of drug-likeness (QED) is 0.759. The molecule has 19 heavy (non-hydrogen) atoms. The first-order valence-electron chi connectivity index (χ1n) is 5.54. The third kappa shape index (κ3) is 4.22. The molecular formula is C12H15FN2O4. The minimum absolute atomic E-state index is 0.102. The fourth-order valence-electron chi connectivity index (χ4n) is 1.52. The second-order valence-electron chi connectivity index (χ2n) is 3.92. The van der Waals surface area contributed by atoms with E-state index in [9.17, 15) is 14.0 Å². The monoisotopic (exact) mass is 270 g/mol. The van der Waals surface area contributed by atoms with Crippen LogP contribution in [0, 0.1) is 5.82 Å². The van der Waals surface area contributed by atoms with Crippen LogP contribution in [0.5, 0.6) is 0 Å². The Bertz CT molecular complexity index is 479. The number of aromatic carboxylic acids is 1. The van der Waals surface area contributed by atoms with Gasteiger partial charge in [0.15, 0.2) is 0 Å². The molecule has 0 bridgehead atoms. The SMILES string of the molecule is COCC(C)NC(=O)Nc1cccc(F)c1C(=O)O. The van der Waals surface area contributed by atoms with E-state index in [1.165, 1.54) is 19.2 Å². The van der Waals surface area contributed by atoms with E-state index in [2.05, 4.69) is 10.6 Å². The lowest BCUT2D eigenvalue weighted by atomic mass is 10.1. The maximum absolute atomic E-state index is 13.4. The summed E-state index contributed by atoms with van der Waals surface area (Å²) in [6.45, 7) is 2.02. The molecule has 0 saturated carbocycles. The maximum Gasteiger partial charge on any atom is 0.340 e. The first kappa shape index (κ1) is 14.9. The lowest BCUT2D eigenvalue weighted by Gasteiger charge is -2.14. The lowest BCUT2D eigenvalue weighted by Crippen LogP contribution is -2.38. The van der Waals surface area contributed by atoms with Crippen LogP contribution >= 0.6 is 0 Å². The first-order chi connectivity index (χ1) is 8.95. The first-order valence-corrected chi connectivity index (χ1v) is 5.54. The topological polar surface area (TPSA) is 87.7 Å². The van der Waals surface area contributed by atoms with Crippen molar-refractivity contribution < 1.29 is 23.8 Å². The minimum atomic E-state index is -1.45. The van der Waals surface area contributed by atoms with E-state index in [1.807, 2.05) is 0 Å². The Morgan fingerprint density at radius 1 is 1.47 bits per heavy atom. The number of ether oxygens (including phenoxy) is 1. The van der Waals surface area contributed by atoms with Crippen LogP contribution in [0.1, 0.15) is 17.3 Å². The molecule has 0 aliphatic heterocycles. The Balaban J connectivity index is 2.80. The van der Waals surface area contributed by atoms with Crippen molar-refractivity contribution >= 4 is 17.7 Å². The van der Waals surface area contributed by atoms with Gasteiger partial charge in [-0.2, -0.15) is 0 Å². The summed E-state index contributed by atoms with van der Waals surface area (Å²) >= 11 is 0. The van der Waals surface area contributed by atoms with Crippen LogP contribution in [-0.2, 0) is 4.74 Å². The maximum atomic E-state index is 13.4. The van der Waals surface area contributed by atoms with Crippen molar-refractivity contribution in [2.24, 2.45) is 0 Å². The number of carboxylic acids is 1. The highest BCUT2D eigenvalue weighted by Gasteiger charge is 2.17. The zero-order valence-corrected chi connectivity index (χ0v) is 10.6. The third-order valence-corrected chi connectivity index (χ3v) is 2.27. The van der Waals surface area contributed by atoms with Gasteiger partial charge in [0, 0.05) is 7.11 Å². The van der Waals surface area contributed by atoms with Crippen molar-refractivity contribution in [1.29, 1.82) is 0 Å². The van der Waals surface area contributed by atoms with E-state index in [0.717, 1.165) is 6.07 Å². The van der Waals surface area contributed by atoms with Gasteiger partial charge in [0.1, 0.15) is 11.4 Å². The summed E-state index contributed by atoms with van der Waals surface area (Å²) in [5.41, 5.74) is -0.674. The van der Waals surface area contributed by atoms with E-state index in [4.69, 9.17) is 9.84 Å². The minimum Gasteiger partial charge on any atom is -0.478 e. The van der Waals surface area contributed by atoms with Crippen molar-refractivity contribution in [3.63, 3.8) is 0 Å². The van der Waals surface area contributed by atoms with Gasteiger partial charge in [-0.05, 0) is 19.1 Å². The van der Waals surface area contributed by atoms with Crippen LogP contribution in [0.25, 0.3) is 0 Å². The predicted molar refractivity (Wildman–Crippen MR) is 66.9 cm³/mol. The lowest BCUT2D eigenvalue weighted by molar-refractivity contribution is 0.0693. The predicted octanol–water partition coefficient (Wildman–Crippen LogP) is 1.68. The van der Waals surface area contributed by atoms with Crippen molar-refractivity contribution in [3.05, 3.63) is 29.6 Å². The van der Waals surface area contributed by atoms with Gasteiger partial charge >= 0.3 is 12.0 Å². The van der Waals surface area contributed by atoms with E-state index in [-0.39, 0.29) is 11.7 Å². The molecule has 0 saturated heterocycles. The number of carbonyl (C=O) groups excluding carboxylic acids is 1. The average molecular weight is 270 g/mol. The number of rotatable bonds is 5. The van der Waals surface area contributed by atoms with E-state index >= 15 is 0 Å². The number of urea groups is 1. The van der Waals surface area contributed by atoms with E-state index in [0.29, 0.717) is 6.61 Å². The molecule has 2 amide bonds. The molecule has 3 N–H and O–H groups in total. The molecule has 7 heteroatoms. The van der Waals surface area contributed by atoms with Crippen LogP contribution in [0.3, 0.4) is 0 Å². The van der Waals surface area contributed by atoms with Gasteiger partial charge in [0.25, 0.3) is 0 Å². The Labute approximate surface area is 109 Å². The molecule has 6 nitrogen and oxygen atoms in total. The standard InChI is InChI=1S/C12H15FN2O4/c1-7(6-19-2)14-12(18)15-9-5-3-4-8(13)10(9)11(16)17/h3-5,7H,6H2,1-2H3,(H,16,17)(H2,14,15,18). The number of methoxy groups -OCH3 is 1. The molecule has 1 rings (SSSR count). The van der Waals surface area contributed by atoms with Crippen molar-refractivity contribution in [3.8, 4) is 0 Å². The Hall–Kier alpha value is -2.15. The molecule has 1 aromatic carbocycles. The normalized spacial score (nSPS) is 11.7. The van der Waals surface area contributed by atoms with Crippen molar-refractivity contribution in [2.45, 2.75) is 13.0 Å². The molecule has 0 aliphatic carbocycles. The smallest absolute Gasteiger partial charge is 0.340 e. The summed E-state index contributed by atoms with van der Waals surface area (Å²) in [6, 6.07) is 2.76. The molecule has 0 radical (unpaired) electrons. The summed E-state index contributed by atoms with van der Waals surface area (Å²) in [5, 5.41) is 13.7. The highest BCUT2D eigenvalue weighted by atomic mass is 19.1. The fraction of sp³-hybridized carbons (Fsp3) is 0.333. The average Bonchev–Trinajstić information content (AvgIpc) is 2.28. The summed E-state index contributed by atoms with van der Waals surface area (Å²) in [4.78, 5) is 22.5. The number of hydrogen-bond acceptors (Lipinski definition) is 3. The number of carboxylic acid groups (broad SMARTS) is 1. The van der Waals surface area contributed by atoms with Crippen LogP contribution < -0.4 is 10.6 Å². The molecule has 104 valence electrons. The van der Waals surface area contributed by atoms with E-state index in [1.54, 1.807) is 6.92 Å². The summed E-state index contributed by atoms with van der Waals surface area (Å²) in [5.74, 6) is -2.35. The van der Waals surface area contributed by atoms with Gasteiger partial charge in [0.05, 0.1) is 18.3 Å². The molecule has 0 heterocycles. The summed E-state index contributed by atoms with van der Waals surface area (Å²) in [6.07, 6.45) is 0. The Morgan fingerprint density at radius 2 is 2.16 bits per heavy atom. The molecule has 1 unspecified atom stereocenters. The molecule has 0 aromatic heterocycles. The second-order valence-corrected chi connectivity index (χ2v) is 3.92. The number of anilines is 1. The van der Waals surface area contributed by atoms with Crippen molar-refractivity contribution in [2.75, 3.05) is 19.0 Å². The Kier molecular flexibility index (Phi) is 5.25. The van der Waals surface area contributed by atoms with Crippen LogP contribution in [0.2, 0.25) is 0 Å². The molecule has 1 atom stereocenters. The molecular weight excluding hydrogens is 255 g/mol. The van der Waals surface area contributed by atoms with Crippen LogP contribution in [0.4, 0.5) is 14.9 Å². The fourth-order valence-corrected chi connectivity index (χ4v) is 1.52. The summed E-state index contributed by atoms with van der Waals surface area (Å²) in [7, 11) is 1.49. The number of amides is 2. The van der Waals surface area contributed by atoms with Gasteiger partial charge < -0.3 is 20.5 Å². The van der Waals surface area contributed by atoms with Crippen LogP contribution in [0.15, 0.2) is 18.2 Å². The van der Waals surface area contributed by atoms with Gasteiger partial charge in [-0.25, -0.2) is 14.0 Å². The number of nitrogens with one attached hydrogen (secondary N) is 2. The summed E-state index contributed by atoms with van der Waals surface area (Å²) < 4.78 is 18.2. The second kappa shape index (κ2) is 6.69. The largest absolute Gasteiger partial charge is 0.478 e. The third-order valence-electron chi connectivity index (χ3n) is 2.27. The number of hydrogen-bond donors (Lipinski definition) is 3. The molecule has 0 aliphatic rings. The van der Waals surface area contributed by atoms with Crippen LogP contribution in [-0.4, -0.2) is 36.9 Å². The number of halogens is 1. The zero-order chi connectivity index (χ0) is 14.4.